The van der Waals surface area contributed by atoms with Crippen LogP contribution in [0.2, 0.25) is 0 Å². The number of hydrogen-bond donors (Lipinski definition) is 0. The van der Waals surface area contributed by atoms with Gasteiger partial charge in [-0.3, -0.25) is 9.69 Å². The van der Waals surface area contributed by atoms with Gasteiger partial charge in [-0.05, 0) is 38.3 Å². The molecule has 0 aliphatic carbocycles. The summed E-state index contributed by atoms with van der Waals surface area (Å²) in [6.07, 6.45) is 2.28. The van der Waals surface area contributed by atoms with Crippen molar-refractivity contribution < 1.29 is 4.79 Å². The second-order valence-electron chi connectivity index (χ2n) is 6.08. The fourth-order valence-electron chi connectivity index (χ4n) is 2.69. The maximum absolute atomic E-state index is 12.5. The van der Waals surface area contributed by atoms with Gasteiger partial charge < -0.3 is 4.90 Å². The summed E-state index contributed by atoms with van der Waals surface area (Å²) in [7, 11) is 2.03. The van der Waals surface area contributed by atoms with E-state index in [0.29, 0.717) is 0 Å². The highest BCUT2D eigenvalue weighted by Gasteiger charge is 2.26. The van der Waals surface area contributed by atoms with Gasteiger partial charge in [0.25, 0.3) is 0 Å². The van der Waals surface area contributed by atoms with Crippen LogP contribution in [0.4, 0.5) is 0 Å². The first kappa shape index (κ1) is 15.0. The summed E-state index contributed by atoms with van der Waals surface area (Å²) in [6.45, 7) is 6.95. The highest BCUT2D eigenvalue weighted by atomic mass is 16.2. The van der Waals surface area contributed by atoms with Gasteiger partial charge >= 0.3 is 0 Å². The SMILES string of the molecule is CC1CCN(C(=O)C(C)N(C)Cc2ccccc2)CC1. The number of benzene rings is 1. The molecule has 1 fully saturated rings. The molecule has 0 N–H and O–H groups in total. The van der Waals surface area contributed by atoms with Crippen LogP contribution in [0.25, 0.3) is 0 Å². The first-order valence-electron chi connectivity index (χ1n) is 7.61. The largest absolute Gasteiger partial charge is 0.341 e. The van der Waals surface area contributed by atoms with Crippen LogP contribution in [-0.2, 0) is 11.3 Å². The summed E-state index contributed by atoms with van der Waals surface area (Å²) < 4.78 is 0. The summed E-state index contributed by atoms with van der Waals surface area (Å²) in [4.78, 5) is 16.7. The van der Waals surface area contributed by atoms with Crippen LogP contribution in [0.1, 0.15) is 32.3 Å². The molecule has 20 heavy (non-hydrogen) atoms. The molecule has 1 unspecified atom stereocenters. The molecule has 1 saturated heterocycles. The van der Waals surface area contributed by atoms with Gasteiger partial charge in [0, 0.05) is 19.6 Å². The number of likely N-dealkylation sites (N-methyl/N-ethyl adjacent to an activating group) is 1. The Bertz CT molecular complexity index is 424. The Kier molecular flexibility index (Phi) is 5.18. The molecule has 0 spiro atoms. The van der Waals surface area contributed by atoms with E-state index in [0.717, 1.165) is 38.4 Å². The highest BCUT2D eigenvalue weighted by Crippen LogP contribution is 2.18. The van der Waals surface area contributed by atoms with Gasteiger partial charge in [0.05, 0.1) is 6.04 Å². The number of carbonyl (C=O) groups excluding carboxylic acids is 1. The minimum Gasteiger partial charge on any atom is -0.341 e. The monoisotopic (exact) mass is 274 g/mol. The molecule has 3 nitrogen and oxygen atoms in total. The van der Waals surface area contributed by atoms with E-state index in [1.54, 1.807) is 0 Å². The fraction of sp³-hybridized carbons (Fsp3) is 0.588. The first-order chi connectivity index (χ1) is 9.58. The molecule has 1 heterocycles. The Labute approximate surface area is 122 Å². The molecule has 2 rings (SSSR count). The van der Waals surface area contributed by atoms with Gasteiger partial charge in [-0.1, -0.05) is 37.3 Å². The minimum atomic E-state index is -0.0522. The average Bonchev–Trinajstić information content (AvgIpc) is 2.47. The molecule has 1 atom stereocenters. The number of hydrogen-bond acceptors (Lipinski definition) is 2. The lowest BCUT2D eigenvalue weighted by molar-refractivity contribution is -0.137. The van der Waals surface area contributed by atoms with Crippen LogP contribution in [0, 0.1) is 5.92 Å². The van der Waals surface area contributed by atoms with E-state index in [-0.39, 0.29) is 11.9 Å². The average molecular weight is 274 g/mol. The predicted octanol–water partition coefficient (Wildman–Crippen LogP) is 2.77. The number of rotatable bonds is 4. The lowest BCUT2D eigenvalue weighted by atomic mass is 9.98. The van der Waals surface area contributed by atoms with E-state index >= 15 is 0 Å². The van der Waals surface area contributed by atoms with E-state index < -0.39 is 0 Å². The van der Waals surface area contributed by atoms with Crippen molar-refractivity contribution in [2.75, 3.05) is 20.1 Å². The number of amides is 1. The van der Waals surface area contributed by atoms with Crippen molar-refractivity contribution >= 4 is 5.91 Å². The Morgan fingerprint density at radius 2 is 1.90 bits per heavy atom. The second-order valence-corrected chi connectivity index (χ2v) is 6.08. The van der Waals surface area contributed by atoms with Gasteiger partial charge in [0.1, 0.15) is 0 Å². The molecule has 3 heteroatoms. The molecular formula is C17H26N2O. The quantitative estimate of drug-likeness (QED) is 0.843. The molecule has 0 saturated carbocycles. The van der Waals surface area contributed by atoms with Crippen LogP contribution in [0.15, 0.2) is 30.3 Å². The van der Waals surface area contributed by atoms with E-state index in [2.05, 4.69) is 24.0 Å². The topological polar surface area (TPSA) is 23.6 Å². The van der Waals surface area contributed by atoms with E-state index in [1.807, 2.05) is 37.1 Å². The van der Waals surface area contributed by atoms with Crippen molar-refractivity contribution in [3.8, 4) is 0 Å². The van der Waals surface area contributed by atoms with E-state index in [9.17, 15) is 4.79 Å². The molecule has 0 radical (unpaired) electrons. The molecule has 1 aliphatic rings. The fourth-order valence-corrected chi connectivity index (χ4v) is 2.69. The van der Waals surface area contributed by atoms with Gasteiger partial charge in [0.2, 0.25) is 5.91 Å². The summed E-state index contributed by atoms with van der Waals surface area (Å²) in [6, 6.07) is 10.3. The van der Waals surface area contributed by atoms with E-state index in [1.165, 1.54) is 5.56 Å². The number of likely N-dealkylation sites (tertiary alicyclic amines) is 1. The van der Waals surface area contributed by atoms with Crippen molar-refractivity contribution in [3.05, 3.63) is 35.9 Å². The lowest BCUT2D eigenvalue weighted by Gasteiger charge is -2.34. The van der Waals surface area contributed by atoms with Gasteiger partial charge in [-0.25, -0.2) is 0 Å². The molecule has 110 valence electrons. The van der Waals surface area contributed by atoms with Crippen molar-refractivity contribution in [3.63, 3.8) is 0 Å². The Morgan fingerprint density at radius 1 is 1.30 bits per heavy atom. The maximum atomic E-state index is 12.5. The minimum absolute atomic E-state index is 0.0522. The van der Waals surface area contributed by atoms with Crippen molar-refractivity contribution in [2.24, 2.45) is 5.92 Å². The summed E-state index contributed by atoms with van der Waals surface area (Å²) >= 11 is 0. The molecule has 1 amide bonds. The number of carbonyl (C=O) groups is 1. The Balaban J connectivity index is 1.89. The van der Waals surface area contributed by atoms with Crippen molar-refractivity contribution in [2.45, 2.75) is 39.3 Å². The zero-order valence-electron chi connectivity index (χ0n) is 12.9. The molecule has 1 aromatic rings. The molecule has 1 aliphatic heterocycles. The summed E-state index contributed by atoms with van der Waals surface area (Å²) in [5, 5.41) is 0. The molecular weight excluding hydrogens is 248 g/mol. The van der Waals surface area contributed by atoms with Crippen LogP contribution in [-0.4, -0.2) is 41.9 Å². The smallest absolute Gasteiger partial charge is 0.239 e. The highest BCUT2D eigenvalue weighted by molar-refractivity contribution is 5.81. The van der Waals surface area contributed by atoms with Crippen LogP contribution < -0.4 is 0 Å². The normalized spacial score (nSPS) is 18.3. The third-order valence-electron chi connectivity index (χ3n) is 4.39. The molecule has 0 aromatic heterocycles. The number of nitrogens with zero attached hydrogens (tertiary/aromatic N) is 2. The number of piperidine rings is 1. The van der Waals surface area contributed by atoms with E-state index in [4.69, 9.17) is 0 Å². The summed E-state index contributed by atoms with van der Waals surface area (Å²) in [5.41, 5.74) is 1.25. The van der Waals surface area contributed by atoms with Crippen molar-refractivity contribution in [1.82, 2.24) is 9.80 Å². The second kappa shape index (κ2) is 6.89. The van der Waals surface area contributed by atoms with Gasteiger partial charge in [-0.15, -0.1) is 0 Å². The standard InChI is InChI=1S/C17H26N2O/c1-14-9-11-19(12-10-14)17(20)15(2)18(3)13-16-7-5-4-6-8-16/h4-8,14-15H,9-13H2,1-3H3. The molecule has 1 aromatic carbocycles. The first-order valence-corrected chi connectivity index (χ1v) is 7.61. The van der Waals surface area contributed by atoms with Crippen LogP contribution >= 0.6 is 0 Å². The Morgan fingerprint density at radius 3 is 2.50 bits per heavy atom. The maximum Gasteiger partial charge on any atom is 0.239 e. The van der Waals surface area contributed by atoms with Crippen LogP contribution in [0.5, 0.6) is 0 Å². The van der Waals surface area contributed by atoms with Gasteiger partial charge in [-0.2, -0.15) is 0 Å². The molecule has 0 bridgehead atoms. The zero-order chi connectivity index (χ0) is 14.5. The lowest BCUT2D eigenvalue weighted by Crippen LogP contribution is -2.48. The zero-order valence-corrected chi connectivity index (χ0v) is 12.9. The third-order valence-corrected chi connectivity index (χ3v) is 4.39. The van der Waals surface area contributed by atoms with Crippen molar-refractivity contribution in [1.29, 1.82) is 0 Å². The van der Waals surface area contributed by atoms with Crippen LogP contribution in [0.3, 0.4) is 0 Å². The summed E-state index contributed by atoms with van der Waals surface area (Å²) in [5.74, 6) is 1.03. The third kappa shape index (κ3) is 3.83. The Hall–Kier alpha value is -1.35. The van der Waals surface area contributed by atoms with Gasteiger partial charge in [0.15, 0.2) is 0 Å². The predicted molar refractivity (Wildman–Crippen MR) is 82.3 cm³/mol.